The first-order chi connectivity index (χ1) is 8.61. The molecule has 2 rings (SSSR count). The molecule has 7 heteroatoms. The summed E-state index contributed by atoms with van der Waals surface area (Å²) < 4.78 is 4.79. The standard InChI is InChI=1S/C11H11ClN4O2/c1-6-4-3-5-7(8(6)12)9(17)13-10-14-11(18-2)16-15-10/h3-5H,1-2H3,(H2,13,14,15,16,17). The summed E-state index contributed by atoms with van der Waals surface area (Å²) in [6.45, 7) is 1.83. The maximum Gasteiger partial charge on any atom is 0.336 e. The van der Waals surface area contributed by atoms with Gasteiger partial charge in [-0.1, -0.05) is 23.7 Å². The number of hydrogen-bond acceptors (Lipinski definition) is 4. The monoisotopic (exact) mass is 266 g/mol. The molecule has 0 radical (unpaired) electrons. The van der Waals surface area contributed by atoms with E-state index in [4.69, 9.17) is 16.3 Å². The number of aryl methyl sites for hydroxylation is 1. The van der Waals surface area contributed by atoms with Gasteiger partial charge in [0, 0.05) is 0 Å². The largest absolute Gasteiger partial charge is 0.466 e. The summed E-state index contributed by atoms with van der Waals surface area (Å²) in [6.07, 6.45) is 0. The second-order valence-electron chi connectivity index (χ2n) is 3.56. The van der Waals surface area contributed by atoms with Crippen molar-refractivity contribution in [3.05, 3.63) is 34.3 Å². The molecule has 0 atom stereocenters. The zero-order valence-corrected chi connectivity index (χ0v) is 10.6. The van der Waals surface area contributed by atoms with Crippen LogP contribution in [0.3, 0.4) is 0 Å². The second-order valence-corrected chi connectivity index (χ2v) is 3.94. The fourth-order valence-corrected chi connectivity index (χ4v) is 1.60. The number of ether oxygens (including phenoxy) is 1. The lowest BCUT2D eigenvalue weighted by molar-refractivity contribution is 0.102. The molecule has 0 saturated carbocycles. The van der Waals surface area contributed by atoms with Crippen LogP contribution in [0.2, 0.25) is 5.02 Å². The third kappa shape index (κ3) is 2.43. The molecule has 2 N–H and O–H groups in total. The van der Waals surface area contributed by atoms with Crippen LogP contribution in [0.1, 0.15) is 15.9 Å². The molecule has 0 unspecified atom stereocenters. The minimum Gasteiger partial charge on any atom is -0.466 e. The van der Waals surface area contributed by atoms with Crippen molar-refractivity contribution in [2.45, 2.75) is 6.92 Å². The molecule has 0 aliphatic carbocycles. The number of nitrogens with zero attached hydrogens (tertiary/aromatic N) is 2. The van der Waals surface area contributed by atoms with Gasteiger partial charge in [0.1, 0.15) is 0 Å². The van der Waals surface area contributed by atoms with E-state index in [1.54, 1.807) is 12.1 Å². The lowest BCUT2D eigenvalue weighted by atomic mass is 10.1. The van der Waals surface area contributed by atoms with Gasteiger partial charge >= 0.3 is 6.01 Å². The Morgan fingerprint density at radius 2 is 2.28 bits per heavy atom. The number of rotatable bonds is 3. The maximum absolute atomic E-state index is 12.0. The third-order valence-electron chi connectivity index (χ3n) is 2.32. The fraction of sp³-hybridized carbons (Fsp3) is 0.182. The van der Waals surface area contributed by atoms with Crippen molar-refractivity contribution in [2.24, 2.45) is 0 Å². The summed E-state index contributed by atoms with van der Waals surface area (Å²) in [5.41, 5.74) is 1.21. The summed E-state index contributed by atoms with van der Waals surface area (Å²) in [5, 5.41) is 9.21. The lowest BCUT2D eigenvalue weighted by Gasteiger charge is -2.05. The molecule has 0 bridgehead atoms. The van der Waals surface area contributed by atoms with Crippen molar-refractivity contribution < 1.29 is 9.53 Å². The highest BCUT2D eigenvalue weighted by molar-refractivity contribution is 6.35. The summed E-state index contributed by atoms with van der Waals surface area (Å²) in [6, 6.07) is 5.38. The minimum atomic E-state index is -0.359. The highest BCUT2D eigenvalue weighted by Crippen LogP contribution is 2.21. The molecular formula is C11H11ClN4O2. The van der Waals surface area contributed by atoms with E-state index in [1.807, 2.05) is 13.0 Å². The van der Waals surface area contributed by atoms with Crippen molar-refractivity contribution in [2.75, 3.05) is 12.4 Å². The first kappa shape index (κ1) is 12.4. The van der Waals surface area contributed by atoms with Gasteiger partial charge < -0.3 is 4.74 Å². The van der Waals surface area contributed by atoms with E-state index in [0.717, 1.165) is 5.56 Å². The summed E-state index contributed by atoms with van der Waals surface area (Å²) in [7, 11) is 1.44. The highest BCUT2D eigenvalue weighted by Gasteiger charge is 2.13. The van der Waals surface area contributed by atoms with E-state index < -0.39 is 0 Å². The summed E-state index contributed by atoms with van der Waals surface area (Å²) in [4.78, 5) is 15.8. The van der Waals surface area contributed by atoms with E-state index in [0.29, 0.717) is 10.6 Å². The summed E-state index contributed by atoms with van der Waals surface area (Å²) >= 11 is 6.06. The number of H-pyrrole nitrogens is 1. The van der Waals surface area contributed by atoms with Crippen molar-refractivity contribution in [3.8, 4) is 6.01 Å². The number of carbonyl (C=O) groups excluding carboxylic acids is 1. The van der Waals surface area contributed by atoms with Gasteiger partial charge in [-0.15, -0.1) is 5.10 Å². The average Bonchev–Trinajstić information content (AvgIpc) is 2.80. The van der Waals surface area contributed by atoms with Crippen LogP contribution in [-0.4, -0.2) is 28.2 Å². The fourth-order valence-electron chi connectivity index (χ4n) is 1.39. The zero-order chi connectivity index (χ0) is 13.1. The molecule has 0 aliphatic rings. The first-order valence-electron chi connectivity index (χ1n) is 5.14. The Bertz CT molecular complexity index is 582. The van der Waals surface area contributed by atoms with Gasteiger partial charge in [-0.3, -0.25) is 10.1 Å². The molecule has 0 saturated heterocycles. The van der Waals surface area contributed by atoms with Crippen LogP contribution in [0.4, 0.5) is 5.95 Å². The number of hydrogen-bond donors (Lipinski definition) is 2. The van der Waals surface area contributed by atoms with Crippen LogP contribution in [-0.2, 0) is 0 Å². The molecule has 1 aromatic heterocycles. The molecule has 0 spiro atoms. The van der Waals surface area contributed by atoms with Crippen LogP contribution in [0.5, 0.6) is 6.01 Å². The third-order valence-corrected chi connectivity index (χ3v) is 2.82. The lowest BCUT2D eigenvalue weighted by Crippen LogP contribution is -2.13. The zero-order valence-electron chi connectivity index (χ0n) is 9.82. The van der Waals surface area contributed by atoms with Crippen molar-refractivity contribution in [1.29, 1.82) is 0 Å². The van der Waals surface area contributed by atoms with Crippen molar-refractivity contribution >= 4 is 23.5 Å². The maximum atomic E-state index is 12.0. The molecule has 94 valence electrons. The Hall–Kier alpha value is -2.08. The van der Waals surface area contributed by atoms with Crippen LogP contribution >= 0.6 is 11.6 Å². The van der Waals surface area contributed by atoms with E-state index in [-0.39, 0.29) is 17.9 Å². The number of amides is 1. The topological polar surface area (TPSA) is 79.9 Å². The van der Waals surface area contributed by atoms with Gasteiger partial charge in [0.25, 0.3) is 5.91 Å². The molecule has 1 heterocycles. The number of anilines is 1. The number of aromatic nitrogens is 3. The van der Waals surface area contributed by atoms with Crippen molar-refractivity contribution in [3.63, 3.8) is 0 Å². The van der Waals surface area contributed by atoms with Crippen molar-refractivity contribution in [1.82, 2.24) is 15.2 Å². The number of carbonyl (C=O) groups is 1. The van der Waals surface area contributed by atoms with Gasteiger partial charge in [-0.25, -0.2) is 5.10 Å². The van der Waals surface area contributed by atoms with Gasteiger partial charge in [-0.2, -0.15) is 4.98 Å². The van der Waals surface area contributed by atoms with Crippen LogP contribution in [0.15, 0.2) is 18.2 Å². The van der Waals surface area contributed by atoms with Crippen LogP contribution in [0, 0.1) is 6.92 Å². The SMILES string of the molecule is COc1n[nH]c(NC(=O)c2cccc(C)c2Cl)n1. The van der Waals surface area contributed by atoms with Gasteiger partial charge in [0.2, 0.25) is 5.95 Å². The Balaban J connectivity index is 2.19. The Labute approximate surface area is 108 Å². The predicted molar refractivity (Wildman–Crippen MR) is 67.1 cm³/mol. The Kier molecular flexibility index (Phi) is 3.47. The molecule has 0 fully saturated rings. The molecule has 6 nitrogen and oxygen atoms in total. The highest BCUT2D eigenvalue weighted by atomic mass is 35.5. The van der Waals surface area contributed by atoms with E-state index in [2.05, 4.69) is 20.5 Å². The summed E-state index contributed by atoms with van der Waals surface area (Å²) in [5.74, 6) is -0.156. The predicted octanol–water partition coefficient (Wildman–Crippen LogP) is 2.03. The smallest absolute Gasteiger partial charge is 0.336 e. The Morgan fingerprint density at radius 3 is 2.94 bits per heavy atom. The average molecular weight is 267 g/mol. The molecule has 0 aliphatic heterocycles. The quantitative estimate of drug-likeness (QED) is 0.891. The molecular weight excluding hydrogens is 256 g/mol. The van der Waals surface area contributed by atoms with E-state index in [1.165, 1.54) is 7.11 Å². The molecule has 1 amide bonds. The van der Waals surface area contributed by atoms with E-state index in [9.17, 15) is 4.79 Å². The van der Waals surface area contributed by atoms with E-state index >= 15 is 0 Å². The Morgan fingerprint density at radius 1 is 1.50 bits per heavy atom. The number of aromatic amines is 1. The molecule has 2 aromatic rings. The normalized spacial score (nSPS) is 10.2. The van der Waals surface area contributed by atoms with Gasteiger partial charge in [-0.05, 0) is 18.6 Å². The second kappa shape index (κ2) is 5.05. The minimum absolute atomic E-state index is 0.153. The number of halogens is 1. The van der Waals surface area contributed by atoms with Gasteiger partial charge in [0.15, 0.2) is 0 Å². The van der Waals surface area contributed by atoms with Gasteiger partial charge in [0.05, 0.1) is 17.7 Å². The number of benzene rings is 1. The number of methoxy groups -OCH3 is 1. The number of nitrogens with one attached hydrogen (secondary N) is 2. The molecule has 18 heavy (non-hydrogen) atoms. The van der Waals surface area contributed by atoms with Crippen LogP contribution in [0.25, 0.3) is 0 Å². The molecule has 1 aromatic carbocycles. The van der Waals surface area contributed by atoms with Crippen LogP contribution < -0.4 is 10.1 Å². The first-order valence-corrected chi connectivity index (χ1v) is 5.52.